The normalized spacial score (nSPS) is 15.5. The van der Waals surface area contributed by atoms with E-state index in [9.17, 15) is 9.36 Å². The molecular formula is C15H23O4P. The van der Waals surface area contributed by atoms with Gasteiger partial charge in [-0.15, -0.1) is 0 Å². The van der Waals surface area contributed by atoms with Crippen molar-refractivity contribution < 1.29 is 19.0 Å². The summed E-state index contributed by atoms with van der Waals surface area (Å²) >= 11 is 0. The Bertz CT molecular complexity index is 458. The van der Waals surface area contributed by atoms with Crippen LogP contribution in [0.15, 0.2) is 30.3 Å². The molecule has 4 nitrogen and oxygen atoms in total. The molecule has 0 aliphatic rings. The molecule has 0 aromatic heterocycles. The number of hydrogen-bond acceptors (Lipinski definition) is 3. The topological polar surface area (TPSA) is 63.6 Å². The molecule has 0 spiro atoms. The van der Waals surface area contributed by atoms with Crippen LogP contribution in [0.2, 0.25) is 0 Å². The van der Waals surface area contributed by atoms with Crippen LogP contribution in [0, 0.1) is 0 Å². The quantitative estimate of drug-likeness (QED) is 0.556. The van der Waals surface area contributed by atoms with Gasteiger partial charge in [-0.3, -0.25) is 9.36 Å². The Morgan fingerprint density at radius 1 is 1.30 bits per heavy atom. The Morgan fingerprint density at radius 3 is 2.50 bits per heavy atom. The Morgan fingerprint density at radius 2 is 1.95 bits per heavy atom. The van der Waals surface area contributed by atoms with Gasteiger partial charge in [0.25, 0.3) is 0 Å². The molecule has 20 heavy (non-hydrogen) atoms. The maximum Gasteiger partial charge on any atom is 0.316 e. The summed E-state index contributed by atoms with van der Waals surface area (Å²) in [7, 11) is -3.09. The first-order valence-electron chi connectivity index (χ1n) is 6.99. The zero-order chi connectivity index (χ0) is 15.0. The minimum absolute atomic E-state index is 0.285. The minimum atomic E-state index is -3.09. The lowest BCUT2D eigenvalue weighted by molar-refractivity contribution is -0.136. The standard InChI is InChI=1S/C15H23O4P/c1-3-19-20(18,13(2)15(16)17)12-8-7-11-14-9-5-4-6-10-14/h4-6,9-10,13H,3,7-8,11-12H2,1-2H3,(H,16,17). The number of aryl methyl sites for hydroxylation is 1. The van der Waals surface area contributed by atoms with Gasteiger partial charge in [0.15, 0.2) is 0 Å². The summed E-state index contributed by atoms with van der Waals surface area (Å²) in [6.07, 6.45) is 2.84. The van der Waals surface area contributed by atoms with E-state index >= 15 is 0 Å². The van der Waals surface area contributed by atoms with Gasteiger partial charge in [0, 0.05) is 6.16 Å². The average molecular weight is 298 g/mol. The molecule has 0 fully saturated rings. The van der Waals surface area contributed by atoms with Crippen molar-refractivity contribution in [3.05, 3.63) is 35.9 Å². The van der Waals surface area contributed by atoms with Crippen molar-refractivity contribution in [1.82, 2.24) is 0 Å². The molecule has 0 saturated carbocycles. The van der Waals surface area contributed by atoms with E-state index < -0.39 is 19.0 Å². The van der Waals surface area contributed by atoms with E-state index in [0.29, 0.717) is 12.6 Å². The first kappa shape index (κ1) is 16.9. The van der Waals surface area contributed by atoms with Crippen LogP contribution < -0.4 is 0 Å². The number of unbranched alkanes of at least 4 members (excludes halogenated alkanes) is 1. The van der Waals surface area contributed by atoms with Crippen molar-refractivity contribution in [1.29, 1.82) is 0 Å². The highest BCUT2D eigenvalue weighted by molar-refractivity contribution is 7.60. The highest BCUT2D eigenvalue weighted by Crippen LogP contribution is 2.52. The molecule has 1 aromatic rings. The second kappa shape index (κ2) is 8.23. The Labute approximate surface area is 120 Å². The zero-order valence-corrected chi connectivity index (χ0v) is 13.0. The maximum absolute atomic E-state index is 12.6. The fourth-order valence-corrected chi connectivity index (χ4v) is 4.24. The van der Waals surface area contributed by atoms with Crippen molar-refractivity contribution in [2.75, 3.05) is 12.8 Å². The van der Waals surface area contributed by atoms with Crippen molar-refractivity contribution in [2.45, 2.75) is 38.8 Å². The number of hydrogen-bond donors (Lipinski definition) is 1. The van der Waals surface area contributed by atoms with Gasteiger partial charge >= 0.3 is 5.97 Å². The first-order valence-corrected chi connectivity index (χ1v) is 8.87. The summed E-state index contributed by atoms with van der Waals surface area (Å²) in [5.74, 6) is -1.05. The summed E-state index contributed by atoms with van der Waals surface area (Å²) in [5, 5.41) is 9.03. The number of benzene rings is 1. The molecule has 2 unspecified atom stereocenters. The van der Waals surface area contributed by atoms with Gasteiger partial charge in [0.2, 0.25) is 7.37 Å². The van der Waals surface area contributed by atoms with Crippen molar-refractivity contribution in [3.8, 4) is 0 Å². The molecule has 112 valence electrons. The van der Waals surface area contributed by atoms with Crippen LogP contribution in [0.4, 0.5) is 0 Å². The molecule has 0 amide bonds. The highest BCUT2D eigenvalue weighted by atomic mass is 31.2. The number of carboxylic acids is 1. The predicted molar refractivity (Wildman–Crippen MR) is 80.6 cm³/mol. The number of carbonyl (C=O) groups is 1. The van der Waals surface area contributed by atoms with Gasteiger partial charge in [-0.25, -0.2) is 0 Å². The summed E-state index contributed by atoms with van der Waals surface area (Å²) in [6, 6.07) is 10.1. The fraction of sp³-hybridized carbons (Fsp3) is 0.533. The van der Waals surface area contributed by atoms with E-state index in [1.54, 1.807) is 6.92 Å². The highest BCUT2D eigenvalue weighted by Gasteiger charge is 2.35. The van der Waals surface area contributed by atoms with Crippen molar-refractivity contribution in [3.63, 3.8) is 0 Å². The van der Waals surface area contributed by atoms with Crippen LogP contribution in [0.5, 0.6) is 0 Å². The van der Waals surface area contributed by atoms with Crippen LogP contribution in [0.1, 0.15) is 32.3 Å². The van der Waals surface area contributed by atoms with Crippen molar-refractivity contribution in [2.24, 2.45) is 0 Å². The fourth-order valence-electron chi connectivity index (χ4n) is 2.06. The molecular weight excluding hydrogens is 275 g/mol. The molecule has 2 atom stereocenters. The number of carboxylic acid groups (broad SMARTS) is 1. The van der Waals surface area contributed by atoms with Crippen LogP contribution in [-0.2, 0) is 20.3 Å². The maximum atomic E-state index is 12.6. The summed E-state index contributed by atoms with van der Waals surface area (Å²) in [4.78, 5) is 11.0. The molecule has 1 N–H and O–H groups in total. The van der Waals surface area contributed by atoms with Crippen molar-refractivity contribution >= 4 is 13.3 Å². The molecule has 0 saturated heterocycles. The second-order valence-corrected chi connectivity index (χ2v) is 7.76. The third-order valence-corrected chi connectivity index (χ3v) is 6.36. The minimum Gasteiger partial charge on any atom is -0.481 e. The molecule has 5 heteroatoms. The first-order chi connectivity index (χ1) is 9.49. The molecule has 0 heterocycles. The van der Waals surface area contributed by atoms with Gasteiger partial charge < -0.3 is 9.63 Å². The lowest BCUT2D eigenvalue weighted by Gasteiger charge is -2.21. The Kier molecular flexibility index (Phi) is 6.97. The lowest BCUT2D eigenvalue weighted by atomic mass is 10.1. The molecule has 0 aliphatic heterocycles. The van der Waals surface area contributed by atoms with E-state index in [1.165, 1.54) is 12.5 Å². The van der Waals surface area contributed by atoms with Crippen LogP contribution in [0.3, 0.4) is 0 Å². The van der Waals surface area contributed by atoms with Gasteiger partial charge in [-0.2, -0.15) is 0 Å². The molecule has 0 radical (unpaired) electrons. The molecule has 0 aliphatic carbocycles. The van der Waals surface area contributed by atoms with Crippen LogP contribution in [0.25, 0.3) is 0 Å². The van der Waals surface area contributed by atoms with Crippen LogP contribution >= 0.6 is 7.37 Å². The monoisotopic (exact) mass is 298 g/mol. The summed E-state index contributed by atoms with van der Waals surface area (Å²) < 4.78 is 17.8. The second-order valence-electron chi connectivity index (χ2n) is 4.82. The largest absolute Gasteiger partial charge is 0.481 e. The van der Waals surface area contributed by atoms with E-state index in [-0.39, 0.29) is 6.61 Å². The van der Waals surface area contributed by atoms with E-state index in [4.69, 9.17) is 9.63 Å². The summed E-state index contributed by atoms with van der Waals surface area (Å²) in [6.45, 7) is 3.49. The van der Waals surface area contributed by atoms with Crippen LogP contribution in [-0.4, -0.2) is 29.5 Å². The van der Waals surface area contributed by atoms with E-state index in [2.05, 4.69) is 12.1 Å². The average Bonchev–Trinajstić information content (AvgIpc) is 2.44. The van der Waals surface area contributed by atoms with E-state index in [0.717, 1.165) is 12.8 Å². The number of aliphatic carboxylic acids is 1. The van der Waals surface area contributed by atoms with Gasteiger partial charge in [0.1, 0.15) is 5.66 Å². The number of rotatable bonds is 9. The predicted octanol–water partition coefficient (Wildman–Crippen LogP) is 3.80. The lowest BCUT2D eigenvalue weighted by Crippen LogP contribution is -2.19. The Hall–Kier alpha value is -1.12. The molecule has 0 bridgehead atoms. The van der Waals surface area contributed by atoms with Gasteiger partial charge in [-0.05, 0) is 38.7 Å². The summed E-state index contributed by atoms with van der Waals surface area (Å²) in [5.41, 5.74) is 0.309. The Balaban J connectivity index is 2.47. The zero-order valence-electron chi connectivity index (χ0n) is 12.1. The van der Waals surface area contributed by atoms with Gasteiger partial charge in [0.05, 0.1) is 6.61 Å². The van der Waals surface area contributed by atoms with E-state index in [1.807, 2.05) is 18.2 Å². The van der Waals surface area contributed by atoms with Gasteiger partial charge in [-0.1, -0.05) is 30.3 Å². The third kappa shape index (κ3) is 5.10. The molecule has 1 aromatic carbocycles. The SMILES string of the molecule is CCOP(=O)(CCCCc1ccccc1)C(C)C(=O)O. The smallest absolute Gasteiger partial charge is 0.316 e. The molecule has 1 rings (SSSR count). The third-order valence-electron chi connectivity index (χ3n) is 3.32.